The molecule has 3 atom stereocenters. The summed E-state index contributed by atoms with van der Waals surface area (Å²) in [5, 5.41) is 25.3. The first-order valence-corrected chi connectivity index (χ1v) is 19.6. The van der Waals surface area contributed by atoms with Gasteiger partial charge in [0.25, 0.3) is 0 Å². The van der Waals surface area contributed by atoms with E-state index in [0.29, 0.717) is 43.5 Å². The number of primary amides is 1. The van der Waals surface area contributed by atoms with Gasteiger partial charge in [-0.1, -0.05) is 74.5 Å². The number of rotatable bonds is 22. The first-order valence-electron chi connectivity index (χ1n) is 19.6. The van der Waals surface area contributed by atoms with Crippen LogP contribution in [0.25, 0.3) is 11.1 Å². The molecule has 58 heavy (non-hydrogen) atoms. The highest BCUT2D eigenvalue weighted by Crippen LogP contribution is 2.44. The van der Waals surface area contributed by atoms with Crippen LogP contribution in [0, 0.1) is 5.92 Å². The molecule has 7 amide bonds. The first kappa shape index (κ1) is 44.7. The fourth-order valence-electron chi connectivity index (χ4n) is 6.72. The Hall–Kier alpha value is -6.00. The number of alkyl carbamates (subject to hydrolysis) is 1. The Balaban J connectivity index is 1.30. The zero-order valence-corrected chi connectivity index (χ0v) is 33.1. The standard InChI is InChI=1S/C42H56N8O8/c1-26(2)37(40(55)48-35(15-9-22-46-41(44)56)39(54)47-28-18-16-27(24-51)17-19-28)50-36(52)20-23-45-38(53)34(14-7-8-21-43)49-42(57)58-25-33-31-12-5-3-10-29(31)30-11-4-6-13-32(30)33/h3-6,10-13,16-19,26,33-35,37,51H,7-9,14-15,20-25,43H2,1-2H3,(H,45,53)(H,47,54)(H,48,55)(H,49,57)(H,50,52)(H3,44,46,56)/t34-,35-,37-/m0/s1. The number of nitrogens with one attached hydrogen (secondary N) is 6. The van der Waals surface area contributed by atoms with Gasteiger partial charge in [0.1, 0.15) is 24.7 Å². The predicted molar refractivity (Wildman–Crippen MR) is 219 cm³/mol. The minimum atomic E-state index is -1.03. The van der Waals surface area contributed by atoms with Crippen molar-refractivity contribution in [2.24, 2.45) is 17.4 Å². The minimum Gasteiger partial charge on any atom is -0.449 e. The maximum absolute atomic E-state index is 13.5. The van der Waals surface area contributed by atoms with Crippen molar-refractivity contribution in [3.05, 3.63) is 89.5 Å². The Kier molecular flexibility index (Phi) is 17.5. The summed E-state index contributed by atoms with van der Waals surface area (Å²) in [6.45, 7) is 3.91. The summed E-state index contributed by atoms with van der Waals surface area (Å²) < 4.78 is 5.66. The van der Waals surface area contributed by atoms with Crippen LogP contribution in [0.5, 0.6) is 0 Å². The number of ether oxygens (including phenoxy) is 1. The number of anilines is 1. The van der Waals surface area contributed by atoms with Crippen molar-refractivity contribution in [2.75, 3.05) is 31.6 Å². The van der Waals surface area contributed by atoms with Crippen molar-refractivity contribution in [1.29, 1.82) is 0 Å². The molecular formula is C42H56N8O8. The monoisotopic (exact) mass is 800 g/mol. The highest BCUT2D eigenvalue weighted by atomic mass is 16.5. The SMILES string of the molecule is CC(C)[C@H](NC(=O)CCNC(=O)[C@H](CCCCN)NC(=O)OCC1c2ccccc2-c2ccccc21)C(=O)N[C@@H](CCCNC(N)=O)C(=O)Nc1ccc(CO)cc1. The van der Waals surface area contributed by atoms with Gasteiger partial charge in [0.15, 0.2) is 0 Å². The molecular weight excluding hydrogens is 745 g/mol. The third-order valence-corrected chi connectivity index (χ3v) is 9.82. The molecule has 0 bridgehead atoms. The average molecular weight is 801 g/mol. The van der Waals surface area contributed by atoms with E-state index in [4.69, 9.17) is 16.2 Å². The van der Waals surface area contributed by atoms with Gasteiger partial charge in [-0.3, -0.25) is 19.2 Å². The van der Waals surface area contributed by atoms with Crippen molar-refractivity contribution in [3.8, 4) is 11.1 Å². The van der Waals surface area contributed by atoms with E-state index in [-0.39, 0.29) is 51.0 Å². The van der Waals surface area contributed by atoms with E-state index in [2.05, 4.69) is 31.9 Å². The maximum Gasteiger partial charge on any atom is 0.407 e. The van der Waals surface area contributed by atoms with Crippen LogP contribution in [-0.2, 0) is 30.5 Å². The number of unbranched alkanes of at least 4 members (excludes halogenated alkanes) is 1. The number of hydrogen-bond acceptors (Lipinski definition) is 9. The number of carbonyl (C=O) groups is 6. The molecule has 16 heteroatoms. The summed E-state index contributed by atoms with van der Waals surface area (Å²) in [7, 11) is 0. The lowest BCUT2D eigenvalue weighted by Gasteiger charge is -2.25. The van der Waals surface area contributed by atoms with E-state index in [9.17, 15) is 33.9 Å². The molecule has 0 heterocycles. The molecule has 3 aromatic rings. The highest BCUT2D eigenvalue weighted by Gasteiger charge is 2.31. The third kappa shape index (κ3) is 13.3. The Bertz CT molecular complexity index is 1830. The summed E-state index contributed by atoms with van der Waals surface area (Å²) in [5.74, 6) is -2.66. The summed E-state index contributed by atoms with van der Waals surface area (Å²) >= 11 is 0. The van der Waals surface area contributed by atoms with Crippen LogP contribution in [0.1, 0.15) is 75.0 Å². The molecule has 16 nitrogen and oxygen atoms in total. The van der Waals surface area contributed by atoms with Crippen molar-refractivity contribution in [2.45, 2.75) is 83.0 Å². The minimum absolute atomic E-state index is 0.0795. The summed E-state index contributed by atoms with van der Waals surface area (Å²) in [6.07, 6.45) is 1.06. The van der Waals surface area contributed by atoms with Gasteiger partial charge in [0.05, 0.1) is 6.61 Å². The topological polar surface area (TPSA) is 256 Å². The Morgan fingerprint density at radius 3 is 1.95 bits per heavy atom. The molecule has 0 fully saturated rings. The molecule has 0 aromatic heterocycles. The highest BCUT2D eigenvalue weighted by molar-refractivity contribution is 5.98. The Morgan fingerprint density at radius 1 is 0.724 bits per heavy atom. The van der Waals surface area contributed by atoms with Gasteiger partial charge in [-0.25, -0.2) is 9.59 Å². The number of benzene rings is 3. The fourth-order valence-corrected chi connectivity index (χ4v) is 6.72. The molecule has 0 saturated heterocycles. The van der Waals surface area contributed by atoms with Gasteiger partial charge >= 0.3 is 12.1 Å². The molecule has 1 aliphatic rings. The van der Waals surface area contributed by atoms with Crippen LogP contribution in [0.15, 0.2) is 72.8 Å². The lowest BCUT2D eigenvalue weighted by Crippen LogP contribution is -2.55. The lowest BCUT2D eigenvalue weighted by molar-refractivity contribution is -0.132. The van der Waals surface area contributed by atoms with E-state index in [1.54, 1.807) is 38.1 Å². The van der Waals surface area contributed by atoms with E-state index < -0.39 is 53.9 Å². The van der Waals surface area contributed by atoms with Gasteiger partial charge < -0.3 is 53.2 Å². The van der Waals surface area contributed by atoms with Gasteiger partial charge in [-0.2, -0.15) is 0 Å². The molecule has 0 saturated carbocycles. The maximum atomic E-state index is 13.5. The first-order chi connectivity index (χ1) is 27.9. The normalized spacial score (nSPS) is 13.3. The number of fused-ring (bicyclic) bond motifs is 3. The van der Waals surface area contributed by atoms with Gasteiger partial charge in [-0.15, -0.1) is 0 Å². The molecule has 4 rings (SSSR count). The fraction of sp³-hybridized carbons (Fsp3) is 0.429. The zero-order valence-electron chi connectivity index (χ0n) is 33.1. The van der Waals surface area contributed by atoms with Gasteiger partial charge in [0, 0.05) is 31.1 Å². The molecule has 0 unspecified atom stereocenters. The summed E-state index contributed by atoms with van der Waals surface area (Å²) in [4.78, 5) is 77.4. The predicted octanol–water partition coefficient (Wildman–Crippen LogP) is 2.73. The second-order valence-corrected chi connectivity index (χ2v) is 14.5. The van der Waals surface area contributed by atoms with Crippen LogP contribution in [0.3, 0.4) is 0 Å². The number of nitrogens with two attached hydrogens (primary N) is 2. The van der Waals surface area contributed by atoms with Crippen molar-refractivity contribution >= 4 is 41.4 Å². The summed E-state index contributed by atoms with van der Waals surface area (Å²) in [5.41, 5.74) is 16.2. The molecule has 11 N–H and O–H groups in total. The zero-order chi connectivity index (χ0) is 42.0. The van der Waals surface area contributed by atoms with E-state index >= 15 is 0 Å². The van der Waals surface area contributed by atoms with Crippen LogP contribution >= 0.6 is 0 Å². The van der Waals surface area contributed by atoms with Crippen molar-refractivity contribution in [1.82, 2.24) is 26.6 Å². The van der Waals surface area contributed by atoms with Crippen LogP contribution < -0.4 is 43.4 Å². The largest absolute Gasteiger partial charge is 0.449 e. The Labute approximate surface area is 338 Å². The molecule has 1 aliphatic carbocycles. The lowest BCUT2D eigenvalue weighted by atomic mass is 9.98. The summed E-state index contributed by atoms with van der Waals surface area (Å²) in [6, 6.07) is 18.8. The quantitative estimate of drug-likeness (QED) is 0.0677. The number of hydrogen-bond donors (Lipinski definition) is 9. The van der Waals surface area contributed by atoms with Crippen LogP contribution in [0.2, 0.25) is 0 Å². The molecule has 3 aromatic carbocycles. The van der Waals surface area contributed by atoms with Gasteiger partial charge in [-0.05, 0) is 84.5 Å². The number of aliphatic hydroxyl groups is 1. The smallest absolute Gasteiger partial charge is 0.407 e. The van der Waals surface area contributed by atoms with E-state index in [1.807, 2.05) is 48.5 Å². The molecule has 312 valence electrons. The average Bonchev–Trinajstić information content (AvgIpc) is 3.53. The number of carbonyl (C=O) groups excluding carboxylic acids is 6. The van der Waals surface area contributed by atoms with E-state index in [0.717, 1.165) is 22.3 Å². The number of amides is 7. The van der Waals surface area contributed by atoms with Gasteiger partial charge in [0.2, 0.25) is 23.6 Å². The molecule has 0 aliphatic heterocycles. The second-order valence-electron chi connectivity index (χ2n) is 14.5. The number of aliphatic hydroxyl groups excluding tert-OH is 1. The Morgan fingerprint density at radius 2 is 1.34 bits per heavy atom. The van der Waals surface area contributed by atoms with Crippen molar-refractivity contribution < 1.29 is 38.6 Å². The second kappa shape index (κ2) is 22.7. The van der Waals surface area contributed by atoms with Crippen LogP contribution in [0.4, 0.5) is 15.3 Å². The number of urea groups is 1. The molecule has 0 spiro atoms. The van der Waals surface area contributed by atoms with E-state index in [1.165, 1.54) is 0 Å². The molecule has 0 radical (unpaired) electrons. The third-order valence-electron chi connectivity index (χ3n) is 9.82. The van der Waals surface area contributed by atoms with Crippen LogP contribution in [-0.4, -0.2) is 85.2 Å². The van der Waals surface area contributed by atoms with Crippen molar-refractivity contribution in [3.63, 3.8) is 0 Å².